The third kappa shape index (κ3) is 3.57. The van der Waals surface area contributed by atoms with Crippen LogP contribution in [-0.4, -0.2) is 28.9 Å². The minimum absolute atomic E-state index is 0.0512. The first-order valence-corrected chi connectivity index (χ1v) is 9.85. The lowest BCUT2D eigenvalue weighted by Gasteiger charge is -2.25. The molecule has 1 amide bonds. The van der Waals surface area contributed by atoms with Crippen LogP contribution in [0.3, 0.4) is 0 Å². The lowest BCUT2D eigenvalue weighted by Crippen LogP contribution is -2.29. The monoisotopic (exact) mass is 414 g/mol. The second kappa shape index (κ2) is 8.07. The quantitative estimate of drug-likeness (QED) is 0.390. The van der Waals surface area contributed by atoms with Crippen molar-refractivity contribution in [2.24, 2.45) is 0 Å². The fourth-order valence-corrected chi connectivity index (χ4v) is 3.75. The van der Waals surface area contributed by atoms with Crippen LogP contribution in [0.15, 0.2) is 72.6 Å². The lowest BCUT2D eigenvalue weighted by molar-refractivity contribution is -0.132. The highest BCUT2D eigenvalue weighted by atomic mass is 16.5. The highest BCUT2D eigenvalue weighted by Gasteiger charge is 2.46. The van der Waals surface area contributed by atoms with E-state index < -0.39 is 17.7 Å². The predicted molar refractivity (Wildman–Crippen MR) is 118 cm³/mol. The number of pyridine rings is 1. The summed E-state index contributed by atoms with van der Waals surface area (Å²) < 4.78 is 5.20. The van der Waals surface area contributed by atoms with Gasteiger partial charge in [-0.2, -0.15) is 0 Å². The number of hydrogen-bond acceptors (Lipinski definition) is 5. The van der Waals surface area contributed by atoms with Crippen LogP contribution >= 0.6 is 0 Å². The summed E-state index contributed by atoms with van der Waals surface area (Å²) in [6.45, 7) is 3.90. The predicted octanol–water partition coefficient (Wildman–Crippen LogP) is 4.33. The Labute approximate surface area is 180 Å². The van der Waals surface area contributed by atoms with Crippen molar-refractivity contribution in [3.8, 4) is 5.75 Å². The molecular weight excluding hydrogens is 392 g/mol. The Balaban J connectivity index is 1.92. The van der Waals surface area contributed by atoms with Gasteiger partial charge in [0.25, 0.3) is 11.7 Å². The number of anilines is 1. The molecule has 1 fully saturated rings. The van der Waals surface area contributed by atoms with Crippen molar-refractivity contribution in [1.29, 1.82) is 0 Å². The van der Waals surface area contributed by atoms with E-state index in [9.17, 15) is 14.7 Å². The van der Waals surface area contributed by atoms with E-state index in [-0.39, 0.29) is 11.3 Å². The zero-order valence-electron chi connectivity index (χ0n) is 17.5. The van der Waals surface area contributed by atoms with Crippen molar-refractivity contribution in [2.75, 3.05) is 12.0 Å². The standard InChI is InChI=1S/C25H22N2O4/c1-15-4-5-18(14-16(15)2)23(28)21-22(17-10-12-26-13-11-17)27(25(30)24(21)29)19-6-8-20(31-3)9-7-19/h4-14,22,28H,1-3H3/b23-21-. The number of aryl methyl sites for hydroxylation is 2. The molecule has 31 heavy (non-hydrogen) atoms. The van der Waals surface area contributed by atoms with Gasteiger partial charge in [-0.05, 0) is 73.0 Å². The van der Waals surface area contributed by atoms with E-state index in [4.69, 9.17) is 4.74 Å². The maximum Gasteiger partial charge on any atom is 0.300 e. The molecule has 0 bridgehead atoms. The van der Waals surface area contributed by atoms with Gasteiger partial charge in [0, 0.05) is 23.6 Å². The molecule has 4 rings (SSSR count). The number of carbonyl (C=O) groups excluding carboxylic acids is 2. The number of Topliss-reactive ketones (excluding diaryl/α,β-unsaturated/α-hetero) is 1. The lowest BCUT2D eigenvalue weighted by atomic mass is 9.94. The molecule has 1 unspecified atom stereocenters. The van der Waals surface area contributed by atoms with Crippen LogP contribution in [-0.2, 0) is 9.59 Å². The summed E-state index contributed by atoms with van der Waals surface area (Å²) in [4.78, 5) is 31.7. The van der Waals surface area contributed by atoms with Gasteiger partial charge < -0.3 is 9.84 Å². The Hall–Kier alpha value is -3.93. The number of benzene rings is 2. The third-order valence-corrected chi connectivity index (χ3v) is 5.60. The molecule has 1 saturated heterocycles. The number of nitrogens with zero attached hydrogens (tertiary/aromatic N) is 2. The molecule has 1 atom stereocenters. The van der Waals surface area contributed by atoms with E-state index in [2.05, 4.69) is 4.98 Å². The fraction of sp³-hybridized carbons (Fsp3) is 0.160. The van der Waals surface area contributed by atoms with Gasteiger partial charge in [0.15, 0.2) is 0 Å². The second-order valence-electron chi connectivity index (χ2n) is 7.45. The van der Waals surface area contributed by atoms with Crippen LogP contribution < -0.4 is 9.64 Å². The summed E-state index contributed by atoms with van der Waals surface area (Å²) in [7, 11) is 1.56. The van der Waals surface area contributed by atoms with E-state index in [1.54, 1.807) is 62.0 Å². The van der Waals surface area contributed by atoms with Crippen LogP contribution in [0.25, 0.3) is 5.76 Å². The summed E-state index contributed by atoms with van der Waals surface area (Å²) in [5.74, 6) is -0.985. The van der Waals surface area contributed by atoms with Crippen molar-refractivity contribution in [1.82, 2.24) is 4.98 Å². The van der Waals surface area contributed by atoms with Gasteiger partial charge in [-0.1, -0.05) is 12.1 Å². The molecule has 0 spiro atoms. The Morgan fingerprint density at radius 1 is 0.968 bits per heavy atom. The molecule has 1 aliphatic rings. The van der Waals surface area contributed by atoms with Crippen molar-refractivity contribution in [2.45, 2.75) is 19.9 Å². The van der Waals surface area contributed by atoms with Crippen molar-refractivity contribution in [3.05, 3.63) is 94.8 Å². The number of aromatic nitrogens is 1. The first kappa shape index (κ1) is 20.3. The molecular formula is C25H22N2O4. The number of rotatable bonds is 4. The Morgan fingerprint density at radius 2 is 1.65 bits per heavy atom. The number of methoxy groups -OCH3 is 1. The van der Waals surface area contributed by atoms with E-state index in [1.807, 2.05) is 26.0 Å². The average Bonchev–Trinajstić information content (AvgIpc) is 3.06. The van der Waals surface area contributed by atoms with E-state index in [0.29, 0.717) is 22.6 Å². The highest BCUT2D eigenvalue weighted by molar-refractivity contribution is 6.51. The van der Waals surface area contributed by atoms with E-state index in [0.717, 1.165) is 11.1 Å². The molecule has 0 radical (unpaired) electrons. The van der Waals surface area contributed by atoms with Crippen molar-refractivity contribution in [3.63, 3.8) is 0 Å². The second-order valence-corrected chi connectivity index (χ2v) is 7.45. The van der Waals surface area contributed by atoms with Crippen LogP contribution in [0.4, 0.5) is 5.69 Å². The van der Waals surface area contributed by atoms with Gasteiger partial charge in [0.2, 0.25) is 0 Å². The smallest absolute Gasteiger partial charge is 0.300 e. The number of ketones is 1. The Morgan fingerprint density at radius 3 is 2.26 bits per heavy atom. The van der Waals surface area contributed by atoms with Crippen molar-refractivity contribution < 1.29 is 19.4 Å². The summed E-state index contributed by atoms with van der Waals surface area (Å²) in [6.07, 6.45) is 3.19. The zero-order chi connectivity index (χ0) is 22.1. The zero-order valence-corrected chi connectivity index (χ0v) is 17.5. The van der Waals surface area contributed by atoms with Crippen LogP contribution in [0, 0.1) is 13.8 Å². The Bertz CT molecular complexity index is 1180. The summed E-state index contributed by atoms with van der Waals surface area (Å²) >= 11 is 0. The molecule has 6 heteroatoms. The summed E-state index contributed by atoms with van der Waals surface area (Å²) in [5.41, 5.74) is 3.80. The van der Waals surface area contributed by atoms with Gasteiger partial charge >= 0.3 is 0 Å². The molecule has 2 aromatic carbocycles. The molecule has 0 saturated carbocycles. The maximum absolute atomic E-state index is 13.1. The largest absolute Gasteiger partial charge is 0.507 e. The normalized spacial score (nSPS) is 17.8. The van der Waals surface area contributed by atoms with Crippen LogP contribution in [0.5, 0.6) is 5.75 Å². The first-order chi connectivity index (χ1) is 14.9. The molecule has 6 nitrogen and oxygen atoms in total. The Kier molecular flexibility index (Phi) is 5.29. The van der Waals surface area contributed by atoms with Gasteiger partial charge in [-0.15, -0.1) is 0 Å². The molecule has 1 N–H and O–H groups in total. The number of hydrogen-bond donors (Lipinski definition) is 1. The molecule has 156 valence electrons. The van der Waals surface area contributed by atoms with Gasteiger partial charge in [0.05, 0.1) is 18.7 Å². The molecule has 3 aromatic rings. The maximum atomic E-state index is 13.1. The van der Waals surface area contributed by atoms with Crippen molar-refractivity contribution >= 4 is 23.1 Å². The number of aliphatic hydroxyl groups is 1. The van der Waals surface area contributed by atoms with Gasteiger partial charge in [-0.25, -0.2) is 0 Å². The van der Waals surface area contributed by atoms with Crippen LogP contribution in [0.1, 0.15) is 28.3 Å². The number of amides is 1. The number of aliphatic hydroxyl groups excluding tert-OH is 1. The van der Waals surface area contributed by atoms with E-state index in [1.165, 1.54) is 4.90 Å². The molecule has 1 aromatic heterocycles. The van der Waals surface area contributed by atoms with Crippen LogP contribution in [0.2, 0.25) is 0 Å². The fourth-order valence-electron chi connectivity index (χ4n) is 3.75. The topological polar surface area (TPSA) is 79.7 Å². The number of carbonyl (C=O) groups is 2. The molecule has 2 heterocycles. The summed E-state index contributed by atoms with van der Waals surface area (Å²) in [6, 6.07) is 15.0. The first-order valence-electron chi connectivity index (χ1n) is 9.85. The average molecular weight is 414 g/mol. The molecule has 0 aliphatic carbocycles. The highest BCUT2D eigenvalue weighted by Crippen LogP contribution is 2.42. The van der Waals surface area contributed by atoms with Gasteiger partial charge in [-0.3, -0.25) is 19.5 Å². The molecule has 1 aliphatic heterocycles. The minimum Gasteiger partial charge on any atom is -0.507 e. The SMILES string of the molecule is COc1ccc(N2C(=O)C(=O)/C(=C(\O)c3ccc(C)c(C)c3)C2c2ccncc2)cc1. The number of ether oxygens (including phenoxy) is 1. The third-order valence-electron chi connectivity index (χ3n) is 5.60. The van der Waals surface area contributed by atoms with E-state index >= 15 is 0 Å². The minimum atomic E-state index is -0.780. The summed E-state index contributed by atoms with van der Waals surface area (Å²) in [5, 5.41) is 11.1. The van der Waals surface area contributed by atoms with Gasteiger partial charge in [0.1, 0.15) is 11.5 Å².